The molecule has 9 aromatic rings. The van der Waals surface area contributed by atoms with Crippen LogP contribution in [0.4, 0.5) is 13.2 Å². The predicted molar refractivity (Wildman–Crippen MR) is 332 cm³/mol. The zero-order chi connectivity index (χ0) is 62.2. The second-order valence-electron chi connectivity index (χ2n) is 24.4. The van der Waals surface area contributed by atoms with Crippen LogP contribution in [0.2, 0.25) is 0 Å². The molecule has 0 bridgehead atoms. The number of amides is 3. The molecule has 0 aliphatic heterocycles. The predicted octanol–water partition coefficient (Wildman–Crippen LogP) is 12.5. The normalized spacial score (nSPS) is 18.2. The molecule has 3 fully saturated rings. The molecule has 0 saturated heterocycles. The van der Waals surface area contributed by atoms with Gasteiger partial charge in [0.1, 0.15) is 34.9 Å². The minimum absolute atomic E-state index is 0.193. The van der Waals surface area contributed by atoms with Crippen molar-refractivity contribution in [3.05, 3.63) is 272 Å². The summed E-state index contributed by atoms with van der Waals surface area (Å²) in [5.74, 6) is 1.13. The van der Waals surface area contributed by atoms with Gasteiger partial charge in [0.2, 0.25) is 0 Å². The van der Waals surface area contributed by atoms with E-state index in [1.54, 1.807) is 6.20 Å². The van der Waals surface area contributed by atoms with E-state index in [4.69, 9.17) is 15.0 Å². The summed E-state index contributed by atoms with van der Waals surface area (Å²) in [5, 5.41) is 9.38. The summed E-state index contributed by atoms with van der Waals surface area (Å²) in [6.45, 7) is 5.71. The number of nitrogens with one attached hydrogen (secondary N) is 3. The molecule has 0 radical (unpaired) electrons. The molecule has 15 rings (SSSR count). The number of pyridine rings is 3. The van der Waals surface area contributed by atoms with Gasteiger partial charge >= 0.3 is 0 Å². The molecule has 454 valence electrons. The third-order valence-electron chi connectivity index (χ3n) is 18.0. The Morgan fingerprint density at radius 2 is 0.800 bits per heavy atom. The number of fused-ring (bicyclic) bond motifs is 3. The van der Waals surface area contributed by atoms with Crippen LogP contribution in [0, 0.1) is 38.2 Å². The summed E-state index contributed by atoms with van der Waals surface area (Å²) >= 11 is 0. The van der Waals surface area contributed by atoms with E-state index in [1.165, 1.54) is 83.9 Å². The van der Waals surface area contributed by atoms with Crippen LogP contribution in [0.5, 0.6) is 0 Å². The molecule has 3 N–H and O–H groups in total. The number of carbonyl (C=O) groups is 3. The van der Waals surface area contributed by atoms with E-state index in [9.17, 15) is 27.6 Å². The van der Waals surface area contributed by atoms with Crippen LogP contribution < -0.4 is 16.0 Å². The Labute approximate surface area is 520 Å². The van der Waals surface area contributed by atoms with Gasteiger partial charge in [-0.3, -0.25) is 29.3 Å². The van der Waals surface area contributed by atoms with Crippen molar-refractivity contribution in [1.29, 1.82) is 0 Å². The Bertz CT molecular complexity index is 4070. The Morgan fingerprint density at radius 1 is 0.422 bits per heavy atom. The number of hydrogen-bond donors (Lipinski definition) is 3. The van der Waals surface area contributed by atoms with E-state index in [0.29, 0.717) is 16.7 Å². The number of benzene rings is 3. The van der Waals surface area contributed by atoms with Crippen molar-refractivity contribution < 1.29 is 27.6 Å². The maximum Gasteiger partial charge on any atom is 0.252 e. The van der Waals surface area contributed by atoms with Crippen molar-refractivity contribution in [2.24, 2.45) is 0 Å². The van der Waals surface area contributed by atoms with Gasteiger partial charge in [-0.05, 0) is 231 Å². The van der Waals surface area contributed by atoms with E-state index in [-0.39, 0.29) is 47.0 Å². The maximum atomic E-state index is 13.2. The molecular weight excluding hydrogens is 1140 g/mol. The first kappa shape index (κ1) is 59.3. The van der Waals surface area contributed by atoms with E-state index in [0.717, 1.165) is 170 Å². The van der Waals surface area contributed by atoms with Crippen LogP contribution in [-0.4, -0.2) is 62.6 Å². The number of rotatable bonds is 12. The number of carbonyl (C=O) groups excluding carboxylic acids is 3. The zero-order valence-corrected chi connectivity index (χ0v) is 50.4. The van der Waals surface area contributed by atoms with Gasteiger partial charge in [0.05, 0.1) is 50.8 Å². The van der Waals surface area contributed by atoms with Crippen LogP contribution in [0.1, 0.15) is 199 Å². The van der Waals surface area contributed by atoms with Gasteiger partial charge in [-0.1, -0.05) is 24.3 Å². The smallest absolute Gasteiger partial charge is 0.252 e. The fourth-order valence-corrected chi connectivity index (χ4v) is 12.7. The lowest BCUT2D eigenvalue weighted by Gasteiger charge is -2.26. The summed E-state index contributed by atoms with van der Waals surface area (Å²) in [5.41, 5.74) is 13.7. The highest BCUT2D eigenvalue weighted by atomic mass is 19.1. The molecule has 2 atom stereocenters. The van der Waals surface area contributed by atoms with Crippen LogP contribution >= 0.6 is 0 Å². The van der Waals surface area contributed by atoms with Gasteiger partial charge in [0, 0.05) is 75.3 Å². The fourth-order valence-electron chi connectivity index (χ4n) is 12.7. The lowest BCUT2D eigenvalue weighted by molar-refractivity contribution is 0.0921. The maximum absolute atomic E-state index is 13.2. The molecule has 6 aliphatic rings. The molecule has 0 unspecified atom stereocenters. The lowest BCUT2D eigenvalue weighted by Crippen LogP contribution is -2.36. The topological polar surface area (TPSA) is 203 Å². The van der Waals surface area contributed by atoms with Crippen LogP contribution in [0.25, 0.3) is 5.57 Å². The summed E-state index contributed by atoms with van der Waals surface area (Å²) in [7, 11) is 0. The fraction of sp³-hybridized carbons (Fsp3) is 0.306. The number of halogens is 3. The van der Waals surface area contributed by atoms with Gasteiger partial charge in [0.25, 0.3) is 17.7 Å². The first-order valence-electron chi connectivity index (χ1n) is 31.0. The van der Waals surface area contributed by atoms with Crippen molar-refractivity contribution in [2.75, 3.05) is 0 Å². The first-order valence-corrected chi connectivity index (χ1v) is 31.0. The molecule has 3 amide bonds. The van der Waals surface area contributed by atoms with E-state index >= 15 is 0 Å². The van der Waals surface area contributed by atoms with Gasteiger partial charge in [-0.25, -0.2) is 43.1 Å². The third-order valence-corrected chi connectivity index (χ3v) is 18.0. The lowest BCUT2D eigenvalue weighted by atomic mass is 9.83. The molecule has 6 heterocycles. The standard InChI is InChI=1S/2C24H23FN4O.C24H21FN4O/c3*1-15-26-14-11-21(27-15)18-3-2-4-20-19(18)9-10-22(28-20)24(12-13-24)29-23(30)16-5-7-17(25)8-6-16/h2*5-11,14,18H,2-4,12-13H2,1H3,(H,29,30);3,5-11,14H,2,4,12-13H2,1H3,(H,29,30)/t2*18-;/m10./s1. The van der Waals surface area contributed by atoms with E-state index < -0.39 is 16.6 Å². The van der Waals surface area contributed by atoms with Crippen LogP contribution in [0.3, 0.4) is 0 Å². The average molecular weight is 1210 g/mol. The Hall–Kier alpha value is -9.71. The summed E-state index contributed by atoms with van der Waals surface area (Å²) in [4.78, 5) is 79.4. The van der Waals surface area contributed by atoms with Crippen molar-refractivity contribution in [1.82, 2.24) is 60.8 Å². The SMILES string of the molecule is Cc1nccc(C2=CCCc3nc(C4(NC(=O)c5ccc(F)cc5)CC4)ccc32)n1.Cc1nccc([C@@H]2CCCc3nc(C4(NC(=O)c5ccc(F)cc5)CC4)ccc32)n1.Cc1nccc([C@H]2CCCc3nc(C4(NC(=O)c5ccc(F)cc5)CC4)ccc32)n1. The first-order chi connectivity index (χ1) is 43.6. The number of nitrogens with zero attached hydrogens (tertiary/aromatic N) is 9. The Morgan fingerprint density at radius 3 is 1.19 bits per heavy atom. The van der Waals surface area contributed by atoms with Gasteiger partial charge < -0.3 is 16.0 Å². The van der Waals surface area contributed by atoms with Gasteiger partial charge in [-0.15, -0.1) is 0 Å². The number of hydrogen-bond acceptors (Lipinski definition) is 12. The summed E-state index contributed by atoms with van der Waals surface area (Å²) in [6, 6.07) is 35.3. The largest absolute Gasteiger partial charge is 0.341 e. The van der Waals surface area contributed by atoms with Gasteiger partial charge in [-0.2, -0.15) is 0 Å². The van der Waals surface area contributed by atoms with Crippen LogP contribution in [-0.2, 0) is 35.9 Å². The Kier molecular flexibility index (Phi) is 16.3. The highest BCUT2D eigenvalue weighted by Gasteiger charge is 2.50. The number of allylic oxidation sites excluding steroid dienone is 1. The quantitative estimate of drug-likeness (QED) is 0.105. The molecule has 6 aromatic heterocycles. The van der Waals surface area contributed by atoms with E-state index in [2.05, 4.69) is 70.1 Å². The molecule has 90 heavy (non-hydrogen) atoms. The van der Waals surface area contributed by atoms with Crippen molar-refractivity contribution in [3.8, 4) is 0 Å². The van der Waals surface area contributed by atoms with E-state index in [1.807, 2.05) is 69.6 Å². The highest BCUT2D eigenvalue weighted by molar-refractivity contribution is 5.96. The second-order valence-corrected chi connectivity index (χ2v) is 24.4. The van der Waals surface area contributed by atoms with Crippen molar-refractivity contribution in [2.45, 2.75) is 139 Å². The Balaban J connectivity index is 0.000000124. The number of aryl methyl sites for hydroxylation is 6. The molecular formula is C72H67F3N12O3. The third kappa shape index (κ3) is 12.8. The number of aromatic nitrogens is 9. The molecule has 6 aliphatic carbocycles. The average Bonchev–Trinajstić information content (AvgIpc) is 1.85. The second kappa shape index (κ2) is 24.7. The molecule has 0 spiro atoms. The van der Waals surface area contributed by atoms with Gasteiger partial charge in [0.15, 0.2) is 0 Å². The monoisotopic (exact) mass is 1200 g/mol. The molecule has 15 nitrogen and oxygen atoms in total. The van der Waals surface area contributed by atoms with Crippen molar-refractivity contribution >= 4 is 23.3 Å². The van der Waals surface area contributed by atoms with Crippen LogP contribution in [0.15, 0.2) is 152 Å². The minimum Gasteiger partial charge on any atom is -0.341 e. The molecule has 3 saturated carbocycles. The minimum atomic E-state index is -0.437. The van der Waals surface area contributed by atoms with Crippen molar-refractivity contribution in [3.63, 3.8) is 0 Å². The summed E-state index contributed by atoms with van der Waals surface area (Å²) in [6.07, 6.45) is 20.6. The zero-order valence-electron chi connectivity index (χ0n) is 50.4. The molecule has 3 aromatic carbocycles. The molecule has 18 heteroatoms. The summed E-state index contributed by atoms with van der Waals surface area (Å²) < 4.78 is 39.5. The highest BCUT2D eigenvalue weighted by Crippen LogP contribution is 2.49.